The van der Waals surface area contributed by atoms with Crippen LogP contribution in [0.25, 0.3) is 12.2 Å². The number of fused-ring (bicyclic) bond motifs is 2. The maximum atomic E-state index is 12.7. The zero-order chi connectivity index (χ0) is 21.8. The quantitative estimate of drug-likeness (QED) is 0.696. The van der Waals surface area contributed by atoms with Gasteiger partial charge in [0, 0.05) is 12.1 Å². The van der Waals surface area contributed by atoms with E-state index in [0.29, 0.717) is 33.8 Å². The molecule has 0 saturated heterocycles. The van der Waals surface area contributed by atoms with Crippen LogP contribution in [0.5, 0.6) is 23.0 Å². The van der Waals surface area contributed by atoms with Crippen molar-refractivity contribution in [3.05, 3.63) is 46.5 Å². The molecule has 0 fully saturated rings. The van der Waals surface area contributed by atoms with E-state index in [1.165, 1.54) is 24.3 Å². The summed E-state index contributed by atoms with van der Waals surface area (Å²) in [6.07, 6.45) is 3.71. The molecule has 0 bridgehead atoms. The smallest absolute Gasteiger partial charge is 0.171 e. The Hall–Kier alpha value is -3.28. The lowest BCUT2D eigenvalue weighted by molar-refractivity contribution is 0.0605. The number of hydrogen-bond donors (Lipinski definition) is 2. The number of carbonyl (C=O) groups is 2. The number of Topliss-reactive ketones (excluding diaryl/α,β-unsaturated/α-hetero) is 2. The number of hydrogen-bond acceptors (Lipinski definition) is 6. The van der Waals surface area contributed by atoms with Gasteiger partial charge in [-0.3, -0.25) is 9.59 Å². The van der Waals surface area contributed by atoms with Crippen molar-refractivity contribution in [1.82, 2.24) is 0 Å². The van der Waals surface area contributed by atoms with Crippen molar-refractivity contribution in [3.8, 4) is 23.0 Å². The molecule has 0 saturated carbocycles. The predicted octanol–water partition coefficient (Wildman–Crippen LogP) is 4.76. The van der Waals surface area contributed by atoms with Crippen LogP contribution >= 0.6 is 0 Å². The summed E-state index contributed by atoms with van der Waals surface area (Å²) >= 11 is 0. The van der Waals surface area contributed by atoms with E-state index in [1.807, 2.05) is 27.7 Å². The second kappa shape index (κ2) is 6.62. The number of carbonyl (C=O) groups excluding carboxylic acids is 2. The SMILES string of the molecule is CC1(C)CC(=O)c2c(/C=C/c3cc(O)cc4c3C(=O)CC(C)(C)O4)cc(O)cc2O1. The van der Waals surface area contributed by atoms with Crippen LogP contribution < -0.4 is 9.47 Å². The molecular formula is C24H24O6. The molecule has 2 aromatic carbocycles. The van der Waals surface area contributed by atoms with E-state index < -0.39 is 11.2 Å². The molecule has 4 rings (SSSR count). The summed E-state index contributed by atoms with van der Waals surface area (Å²) in [7, 11) is 0. The Labute approximate surface area is 174 Å². The third-order valence-corrected chi connectivity index (χ3v) is 5.18. The Morgan fingerprint density at radius 2 is 1.10 bits per heavy atom. The van der Waals surface area contributed by atoms with Gasteiger partial charge in [0.2, 0.25) is 0 Å². The lowest BCUT2D eigenvalue weighted by atomic mass is 9.88. The number of benzene rings is 2. The fraction of sp³-hybridized carbons (Fsp3) is 0.333. The largest absolute Gasteiger partial charge is 0.508 e. The maximum absolute atomic E-state index is 12.7. The van der Waals surface area contributed by atoms with Gasteiger partial charge >= 0.3 is 0 Å². The van der Waals surface area contributed by atoms with Crippen molar-refractivity contribution in [2.45, 2.75) is 51.7 Å². The van der Waals surface area contributed by atoms with Crippen LogP contribution in [0.3, 0.4) is 0 Å². The molecule has 0 spiro atoms. The molecule has 0 unspecified atom stereocenters. The summed E-state index contributed by atoms with van der Waals surface area (Å²) < 4.78 is 11.8. The highest BCUT2D eigenvalue weighted by atomic mass is 16.5. The van der Waals surface area contributed by atoms with Crippen LogP contribution in [0.15, 0.2) is 24.3 Å². The van der Waals surface area contributed by atoms with Gasteiger partial charge in [-0.25, -0.2) is 0 Å². The molecule has 2 heterocycles. The molecule has 0 atom stereocenters. The van der Waals surface area contributed by atoms with Gasteiger partial charge in [0.15, 0.2) is 11.6 Å². The lowest BCUT2D eigenvalue weighted by Crippen LogP contribution is -2.36. The summed E-state index contributed by atoms with van der Waals surface area (Å²) in [5.74, 6) is 0.431. The van der Waals surface area contributed by atoms with Crippen molar-refractivity contribution in [1.29, 1.82) is 0 Å². The first kappa shape index (κ1) is 20.0. The zero-order valence-electron chi connectivity index (χ0n) is 17.4. The van der Waals surface area contributed by atoms with Crippen molar-refractivity contribution >= 4 is 23.7 Å². The monoisotopic (exact) mass is 408 g/mol. The van der Waals surface area contributed by atoms with Gasteiger partial charge in [-0.1, -0.05) is 12.2 Å². The minimum Gasteiger partial charge on any atom is -0.508 e. The second-order valence-electron chi connectivity index (χ2n) is 9.07. The first-order chi connectivity index (χ1) is 13.9. The van der Waals surface area contributed by atoms with Crippen molar-refractivity contribution in [2.24, 2.45) is 0 Å². The van der Waals surface area contributed by atoms with Crippen LogP contribution in [0.2, 0.25) is 0 Å². The molecule has 2 N–H and O–H groups in total. The topological polar surface area (TPSA) is 93.1 Å². The van der Waals surface area contributed by atoms with Crippen LogP contribution in [0.4, 0.5) is 0 Å². The number of ketones is 2. The van der Waals surface area contributed by atoms with Gasteiger partial charge in [0.25, 0.3) is 0 Å². The second-order valence-corrected chi connectivity index (χ2v) is 9.07. The highest BCUT2D eigenvalue weighted by molar-refractivity contribution is 6.06. The number of phenolic OH excluding ortho intramolecular Hbond substituents is 2. The molecular weight excluding hydrogens is 384 g/mol. The number of phenols is 2. The van der Waals surface area contributed by atoms with E-state index in [2.05, 4.69) is 0 Å². The van der Waals surface area contributed by atoms with Gasteiger partial charge in [-0.2, -0.15) is 0 Å². The van der Waals surface area contributed by atoms with E-state index in [9.17, 15) is 19.8 Å². The molecule has 0 amide bonds. The van der Waals surface area contributed by atoms with Gasteiger partial charge < -0.3 is 19.7 Å². The van der Waals surface area contributed by atoms with Gasteiger partial charge in [0.1, 0.15) is 34.2 Å². The van der Waals surface area contributed by atoms with E-state index >= 15 is 0 Å². The Balaban J connectivity index is 1.80. The highest BCUT2D eigenvalue weighted by Gasteiger charge is 2.35. The van der Waals surface area contributed by atoms with Crippen LogP contribution in [0.1, 0.15) is 72.4 Å². The van der Waals surface area contributed by atoms with E-state index in [4.69, 9.17) is 9.47 Å². The fourth-order valence-corrected chi connectivity index (χ4v) is 4.06. The standard InChI is InChI=1S/C24H24O6/c1-23(2)11-17(27)21-13(7-15(25)9-19(21)29-23)5-6-14-8-16(26)10-20-22(14)18(28)12-24(3,4)30-20/h5-10,25-26H,11-12H2,1-4H3/b6-5+. The molecule has 0 aliphatic carbocycles. The Morgan fingerprint density at radius 1 is 0.733 bits per heavy atom. The molecule has 156 valence electrons. The van der Waals surface area contributed by atoms with E-state index in [1.54, 1.807) is 12.2 Å². The first-order valence-electron chi connectivity index (χ1n) is 9.81. The summed E-state index contributed by atoms with van der Waals surface area (Å²) in [6.45, 7) is 7.28. The van der Waals surface area contributed by atoms with Gasteiger partial charge in [0.05, 0.1) is 24.0 Å². The summed E-state index contributed by atoms with van der Waals surface area (Å²) in [5.41, 5.74) is 0.431. The minimum absolute atomic E-state index is 0.0296. The number of rotatable bonds is 2. The van der Waals surface area contributed by atoms with Gasteiger partial charge in [-0.15, -0.1) is 0 Å². The summed E-state index contributed by atoms with van der Waals surface area (Å²) in [4.78, 5) is 25.5. The Morgan fingerprint density at radius 3 is 1.47 bits per heavy atom. The summed E-state index contributed by atoms with van der Waals surface area (Å²) in [6, 6.07) is 5.82. The third kappa shape index (κ3) is 3.65. The minimum atomic E-state index is -0.653. The summed E-state index contributed by atoms with van der Waals surface area (Å²) in [5, 5.41) is 20.2. The third-order valence-electron chi connectivity index (χ3n) is 5.18. The highest BCUT2D eigenvalue weighted by Crippen LogP contribution is 2.40. The normalized spacial score (nSPS) is 19.1. The van der Waals surface area contributed by atoms with Crippen LogP contribution in [0, 0.1) is 0 Å². The maximum Gasteiger partial charge on any atom is 0.171 e. The first-order valence-corrected chi connectivity index (χ1v) is 9.81. The van der Waals surface area contributed by atoms with Crippen LogP contribution in [-0.2, 0) is 0 Å². The zero-order valence-corrected chi connectivity index (χ0v) is 17.4. The predicted molar refractivity (Wildman–Crippen MR) is 112 cm³/mol. The Kier molecular flexibility index (Phi) is 4.42. The van der Waals surface area contributed by atoms with E-state index in [0.717, 1.165) is 0 Å². The molecule has 0 aromatic heterocycles. The lowest BCUT2D eigenvalue weighted by Gasteiger charge is -2.32. The average Bonchev–Trinajstić information content (AvgIpc) is 2.55. The molecule has 0 radical (unpaired) electrons. The number of aromatic hydroxyl groups is 2. The molecule has 2 aliphatic rings. The van der Waals surface area contributed by atoms with Crippen molar-refractivity contribution < 1.29 is 29.3 Å². The van der Waals surface area contributed by atoms with E-state index in [-0.39, 0.29) is 35.9 Å². The number of ether oxygens (including phenoxy) is 2. The van der Waals surface area contributed by atoms with Crippen molar-refractivity contribution in [2.75, 3.05) is 0 Å². The Bertz CT molecular complexity index is 1020. The van der Waals surface area contributed by atoms with Crippen LogP contribution in [-0.4, -0.2) is 33.0 Å². The van der Waals surface area contributed by atoms with Crippen molar-refractivity contribution in [3.63, 3.8) is 0 Å². The van der Waals surface area contributed by atoms with Gasteiger partial charge in [-0.05, 0) is 51.0 Å². The molecule has 2 aliphatic heterocycles. The fourth-order valence-electron chi connectivity index (χ4n) is 4.06. The molecule has 30 heavy (non-hydrogen) atoms. The molecule has 2 aromatic rings. The molecule has 6 heteroatoms. The molecule has 6 nitrogen and oxygen atoms in total. The average molecular weight is 408 g/mol.